The molecule has 2 N–H and O–H groups in total. The number of nitrogens with zero attached hydrogens (tertiary/aromatic N) is 4. The maximum absolute atomic E-state index is 12.6. The molecule has 0 bridgehead atoms. The smallest absolute Gasteiger partial charge is 0.216 e. The van der Waals surface area contributed by atoms with E-state index in [0.29, 0.717) is 12.1 Å². The van der Waals surface area contributed by atoms with Gasteiger partial charge in [0.2, 0.25) is 10.0 Å². The number of benzene rings is 1. The summed E-state index contributed by atoms with van der Waals surface area (Å²) in [7, 11) is -3.41. The number of aromatic nitrogens is 5. The molecule has 3 aromatic heterocycles. The molecule has 1 saturated carbocycles. The maximum atomic E-state index is 12.6. The molecule has 1 aliphatic carbocycles. The summed E-state index contributed by atoms with van der Waals surface area (Å²) in [6.45, 7) is 0. The number of sulfonamides is 1. The highest BCUT2D eigenvalue weighted by Gasteiger charge is 2.38. The summed E-state index contributed by atoms with van der Waals surface area (Å²) in [5.74, 6) is 0.955. The van der Waals surface area contributed by atoms with E-state index in [4.69, 9.17) is 0 Å². The van der Waals surface area contributed by atoms with Gasteiger partial charge in [0.15, 0.2) is 11.3 Å². The second-order valence-corrected chi connectivity index (χ2v) is 10.7. The zero-order valence-electron chi connectivity index (χ0n) is 15.4. The SMILES string of the molecule is O=S(=O)(Cc1ccccc1)NC1C[C@@H](I)[C@@H](c2nnc3cnc4[nH]ccc4n23)C1. The summed E-state index contributed by atoms with van der Waals surface area (Å²) >= 11 is 2.40. The third kappa shape index (κ3) is 3.64. The van der Waals surface area contributed by atoms with Gasteiger partial charge in [-0.05, 0) is 24.5 Å². The van der Waals surface area contributed by atoms with Crippen LogP contribution in [0.1, 0.15) is 30.1 Å². The van der Waals surface area contributed by atoms with Gasteiger partial charge in [-0.3, -0.25) is 4.40 Å². The van der Waals surface area contributed by atoms with Crippen LogP contribution >= 0.6 is 22.6 Å². The highest BCUT2D eigenvalue weighted by atomic mass is 127. The van der Waals surface area contributed by atoms with Crippen LogP contribution in [0.5, 0.6) is 0 Å². The fourth-order valence-electron chi connectivity index (χ4n) is 4.08. The summed E-state index contributed by atoms with van der Waals surface area (Å²) in [5.41, 5.74) is 3.19. The van der Waals surface area contributed by atoms with E-state index in [0.717, 1.165) is 29.0 Å². The van der Waals surface area contributed by atoms with Gasteiger partial charge < -0.3 is 4.98 Å². The van der Waals surface area contributed by atoms with Gasteiger partial charge in [0.25, 0.3) is 0 Å². The Morgan fingerprint density at radius 3 is 2.83 bits per heavy atom. The summed E-state index contributed by atoms with van der Waals surface area (Å²) in [4.78, 5) is 7.47. The van der Waals surface area contributed by atoms with Crippen LogP contribution in [-0.4, -0.2) is 43.0 Å². The normalized spacial score (nSPS) is 22.6. The molecular formula is C19H19IN6O2S. The van der Waals surface area contributed by atoms with Crippen LogP contribution in [0.25, 0.3) is 16.8 Å². The molecule has 1 unspecified atom stereocenters. The molecule has 0 spiro atoms. The van der Waals surface area contributed by atoms with E-state index in [-0.39, 0.29) is 21.6 Å². The quantitative estimate of drug-likeness (QED) is 0.310. The zero-order chi connectivity index (χ0) is 20.0. The van der Waals surface area contributed by atoms with Crippen molar-refractivity contribution >= 4 is 49.4 Å². The number of alkyl halides is 1. The van der Waals surface area contributed by atoms with Crippen molar-refractivity contribution in [1.82, 2.24) is 29.3 Å². The lowest BCUT2D eigenvalue weighted by molar-refractivity contribution is 0.546. The molecule has 3 atom stereocenters. The molecule has 29 heavy (non-hydrogen) atoms. The van der Waals surface area contributed by atoms with Crippen molar-refractivity contribution in [1.29, 1.82) is 0 Å². The van der Waals surface area contributed by atoms with Crippen molar-refractivity contribution in [3.63, 3.8) is 0 Å². The zero-order valence-corrected chi connectivity index (χ0v) is 18.3. The Bertz CT molecular complexity index is 1270. The van der Waals surface area contributed by atoms with E-state index in [1.165, 1.54) is 0 Å². The van der Waals surface area contributed by atoms with E-state index in [1.54, 1.807) is 6.20 Å². The van der Waals surface area contributed by atoms with Crippen LogP contribution < -0.4 is 4.72 Å². The summed E-state index contributed by atoms with van der Waals surface area (Å²) < 4.78 is 30.5. The molecule has 150 valence electrons. The summed E-state index contributed by atoms with van der Waals surface area (Å²) in [5, 5.41) is 8.71. The van der Waals surface area contributed by atoms with Gasteiger partial charge in [0.05, 0.1) is 17.5 Å². The van der Waals surface area contributed by atoms with Gasteiger partial charge in [0, 0.05) is 22.1 Å². The van der Waals surface area contributed by atoms with Gasteiger partial charge in [-0.15, -0.1) is 10.2 Å². The molecule has 4 aromatic rings. The maximum Gasteiger partial charge on any atom is 0.216 e. The Morgan fingerprint density at radius 2 is 2.00 bits per heavy atom. The van der Waals surface area contributed by atoms with Crippen molar-refractivity contribution in [3.8, 4) is 0 Å². The average molecular weight is 522 g/mol. The molecule has 0 aliphatic heterocycles. The Balaban J connectivity index is 1.39. The van der Waals surface area contributed by atoms with Crippen molar-refractivity contribution in [3.05, 3.63) is 60.2 Å². The van der Waals surface area contributed by atoms with E-state index >= 15 is 0 Å². The molecule has 1 aromatic carbocycles. The number of nitrogens with one attached hydrogen (secondary N) is 2. The van der Waals surface area contributed by atoms with Crippen LogP contribution in [0.2, 0.25) is 0 Å². The van der Waals surface area contributed by atoms with Crippen molar-refractivity contribution in [2.75, 3.05) is 0 Å². The first-order valence-electron chi connectivity index (χ1n) is 9.35. The number of rotatable bonds is 5. The van der Waals surface area contributed by atoms with Crippen molar-refractivity contribution in [2.45, 2.75) is 34.5 Å². The standard InChI is InChI=1S/C19H19IN6O2S/c20-15-9-13(25-29(27,28)11-12-4-2-1-3-5-12)8-14(15)19-24-23-17-10-22-18-16(26(17)19)6-7-21-18/h1-7,10,13-15,21,25H,8-9,11H2/t13?,14-,15+/m0/s1. The van der Waals surface area contributed by atoms with Gasteiger partial charge >= 0.3 is 0 Å². The lowest BCUT2D eigenvalue weighted by Gasteiger charge is -2.14. The number of hydrogen-bond donors (Lipinski definition) is 2. The molecule has 1 fully saturated rings. The first kappa shape index (κ1) is 18.9. The first-order valence-corrected chi connectivity index (χ1v) is 12.2. The van der Waals surface area contributed by atoms with Crippen LogP contribution in [0.3, 0.4) is 0 Å². The molecule has 10 heteroatoms. The predicted octanol–water partition coefficient (Wildman–Crippen LogP) is 2.77. The fourth-order valence-corrected chi connectivity index (χ4v) is 6.72. The van der Waals surface area contributed by atoms with Crippen molar-refractivity contribution in [2.24, 2.45) is 0 Å². The summed E-state index contributed by atoms with van der Waals surface area (Å²) in [6.07, 6.45) is 5.00. The molecule has 3 heterocycles. The van der Waals surface area contributed by atoms with E-state index in [2.05, 4.69) is 47.5 Å². The number of H-pyrrole nitrogens is 1. The minimum Gasteiger partial charge on any atom is -0.345 e. The predicted molar refractivity (Wildman–Crippen MR) is 118 cm³/mol. The lowest BCUT2D eigenvalue weighted by Crippen LogP contribution is -2.34. The third-order valence-electron chi connectivity index (χ3n) is 5.33. The second kappa shape index (κ2) is 7.33. The van der Waals surface area contributed by atoms with Gasteiger partial charge in [-0.2, -0.15) is 0 Å². The van der Waals surface area contributed by atoms with E-state index in [1.807, 2.05) is 47.0 Å². The number of hydrogen-bond acceptors (Lipinski definition) is 5. The minimum absolute atomic E-state index is 0.00950. The number of aromatic amines is 1. The van der Waals surface area contributed by atoms with E-state index in [9.17, 15) is 8.42 Å². The monoisotopic (exact) mass is 522 g/mol. The Kier molecular flexibility index (Phi) is 4.79. The van der Waals surface area contributed by atoms with Crippen LogP contribution in [0, 0.1) is 0 Å². The molecule has 1 aliphatic rings. The largest absolute Gasteiger partial charge is 0.345 e. The van der Waals surface area contributed by atoms with Gasteiger partial charge in [-0.25, -0.2) is 18.1 Å². The highest BCUT2D eigenvalue weighted by Crippen LogP contribution is 2.40. The second-order valence-electron chi connectivity index (χ2n) is 7.37. The van der Waals surface area contributed by atoms with Gasteiger partial charge in [0.1, 0.15) is 5.82 Å². The highest BCUT2D eigenvalue weighted by molar-refractivity contribution is 14.1. The van der Waals surface area contributed by atoms with Crippen LogP contribution in [0.15, 0.2) is 48.8 Å². The molecule has 5 rings (SSSR count). The Hall–Kier alpha value is -2.05. The number of fused-ring (bicyclic) bond motifs is 3. The lowest BCUT2D eigenvalue weighted by atomic mass is 10.1. The van der Waals surface area contributed by atoms with Crippen LogP contribution in [0.4, 0.5) is 0 Å². The molecular weight excluding hydrogens is 503 g/mol. The number of halogens is 1. The Labute approximate surface area is 181 Å². The Morgan fingerprint density at radius 1 is 1.17 bits per heavy atom. The molecule has 8 nitrogen and oxygen atoms in total. The minimum atomic E-state index is -3.41. The summed E-state index contributed by atoms with van der Waals surface area (Å²) in [6, 6.07) is 11.1. The van der Waals surface area contributed by atoms with E-state index < -0.39 is 10.0 Å². The topological polar surface area (TPSA) is 105 Å². The fraction of sp³-hybridized carbons (Fsp3) is 0.316. The van der Waals surface area contributed by atoms with Crippen LogP contribution in [-0.2, 0) is 15.8 Å². The van der Waals surface area contributed by atoms with Crippen molar-refractivity contribution < 1.29 is 8.42 Å². The molecule has 0 radical (unpaired) electrons. The first-order chi connectivity index (χ1) is 14.0. The van der Waals surface area contributed by atoms with Gasteiger partial charge in [-0.1, -0.05) is 52.9 Å². The molecule has 0 amide bonds. The average Bonchev–Trinajstić information content (AvgIpc) is 3.38. The third-order valence-corrected chi connectivity index (χ3v) is 8.11. The molecule has 0 saturated heterocycles.